The fraction of sp³-hybridized carbons (Fsp3) is 0.333. The molecule has 0 aliphatic heterocycles. The summed E-state index contributed by atoms with van der Waals surface area (Å²) in [6.45, 7) is 1.95. The Hall–Kier alpha value is -0.0500. The van der Waals surface area contributed by atoms with E-state index < -0.39 is 6.10 Å². The molecule has 1 nitrogen and oxygen atoms in total. The summed E-state index contributed by atoms with van der Waals surface area (Å²) in [6.07, 6.45) is -0.556. The zero-order valence-corrected chi connectivity index (χ0v) is 9.06. The second-order valence-corrected chi connectivity index (χ2v) is 3.90. The lowest BCUT2D eigenvalue weighted by Gasteiger charge is -2.10. The summed E-state index contributed by atoms with van der Waals surface area (Å²) in [5.41, 5.74) is 1.95. The predicted octanol–water partition coefficient (Wildman–Crippen LogP) is 3.03. The highest BCUT2D eigenvalue weighted by molar-refractivity contribution is 9.10. The Morgan fingerprint density at radius 2 is 2.25 bits per heavy atom. The summed E-state index contributed by atoms with van der Waals surface area (Å²) in [4.78, 5) is 0. The molecule has 3 heteroatoms. The lowest BCUT2D eigenvalue weighted by atomic mass is 10.1. The molecule has 12 heavy (non-hydrogen) atoms. The van der Waals surface area contributed by atoms with Gasteiger partial charge in [-0.05, 0) is 30.2 Å². The highest BCUT2D eigenvalue weighted by atomic mass is 79.9. The molecular formula is C9H10BrClO. The molecule has 0 amide bonds. The van der Waals surface area contributed by atoms with Crippen molar-refractivity contribution in [2.75, 3.05) is 5.88 Å². The van der Waals surface area contributed by atoms with Gasteiger partial charge in [0.15, 0.2) is 0 Å². The number of aliphatic hydroxyl groups excluding tert-OH is 1. The molecule has 0 bridgehead atoms. The van der Waals surface area contributed by atoms with Crippen LogP contribution in [0.1, 0.15) is 17.2 Å². The smallest absolute Gasteiger partial charge is 0.0927 e. The van der Waals surface area contributed by atoms with Gasteiger partial charge < -0.3 is 5.11 Å². The molecule has 0 aromatic heterocycles. The zero-order valence-electron chi connectivity index (χ0n) is 6.72. The molecule has 0 aliphatic carbocycles. The third-order valence-corrected chi connectivity index (χ3v) is 2.52. The maximum absolute atomic E-state index is 9.45. The highest BCUT2D eigenvalue weighted by Crippen LogP contribution is 2.22. The van der Waals surface area contributed by atoms with Gasteiger partial charge in [0.1, 0.15) is 0 Å². The number of halogens is 2. The fourth-order valence-electron chi connectivity index (χ4n) is 1.10. The summed E-state index contributed by atoms with van der Waals surface area (Å²) in [5.74, 6) is 0.239. The van der Waals surface area contributed by atoms with Crippen LogP contribution in [0.3, 0.4) is 0 Å². The van der Waals surface area contributed by atoms with Crippen molar-refractivity contribution in [2.45, 2.75) is 13.0 Å². The van der Waals surface area contributed by atoms with Crippen LogP contribution in [0.2, 0.25) is 0 Å². The molecule has 1 aromatic carbocycles. The summed E-state index contributed by atoms with van der Waals surface area (Å²) >= 11 is 8.89. The first-order valence-corrected chi connectivity index (χ1v) is 4.98. The molecule has 1 atom stereocenters. The monoisotopic (exact) mass is 248 g/mol. The summed E-state index contributed by atoms with van der Waals surface area (Å²) in [5, 5.41) is 9.45. The first-order chi connectivity index (χ1) is 5.65. The van der Waals surface area contributed by atoms with Crippen LogP contribution in [0.4, 0.5) is 0 Å². The van der Waals surface area contributed by atoms with Gasteiger partial charge in [0.25, 0.3) is 0 Å². The van der Waals surface area contributed by atoms with E-state index in [1.165, 1.54) is 0 Å². The van der Waals surface area contributed by atoms with Crippen molar-refractivity contribution in [3.63, 3.8) is 0 Å². The molecule has 1 aromatic rings. The molecule has 0 saturated carbocycles. The van der Waals surface area contributed by atoms with Gasteiger partial charge in [0.2, 0.25) is 0 Å². The van der Waals surface area contributed by atoms with Gasteiger partial charge in [0, 0.05) is 4.47 Å². The van der Waals surface area contributed by atoms with Gasteiger partial charge >= 0.3 is 0 Å². The van der Waals surface area contributed by atoms with Gasteiger partial charge in [-0.25, -0.2) is 0 Å². The van der Waals surface area contributed by atoms with Crippen molar-refractivity contribution in [3.8, 4) is 0 Å². The minimum atomic E-state index is -0.556. The van der Waals surface area contributed by atoms with E-state index in [-0.39, 0.29) is 5.88 Å². The lowest BCUT2D eigenvalue weighted by Crippen LogP contribution is -2.00. The Kier molecular flexibility index (Phi) is 3.56. The number of hydrogen-bond acceptors (Lipinski definition) is 1. The molecule has 0 saturated heterocycles. The van der Waals surface area contributed by atoms with Crippen molar-refractivity contribution in [1.82, 2.24) is 0 Å². The Balaban J connectivity index is 3.01. The molecule has 66 valence electrons. The molecule has 0 spiro atoms. The van der Waals surface area contributed by atoms with Gasteiger partial charge in [-0.1, -0.05) is 22.0 Å². The van der Waals surface area contributed by atoms with Gasteiger partial charge in [0.05, 0.1) is 12.0 Å². The minimum absolute atomic E-state index is 0.239. The van der Waals surface area contributed by atoms with Gasteiger partial charge in [-0.3, -0.25) is 0 Å². The van der Waals surface area contributed by atoms with E-state index in [4.69, 9.17) is 11.6 Å². The van der Waals surface area contributed by atoms with Crippen LogP contribution in [0, 0.1) is 6.92 Å². The zero-order chi connectivity index (χ0) is 9.14. The maximum Gasteiger partial charge on any atom is 0.0927 e. The molecule has 0 radical (unpaired) electrons. The minimum Gasteiger partial charge on any atom is -0.387 e. The normalized spacial score (nSPS) is 13.0. The number of benzene rings is 1. The lowest BCUT2D eigenvalue weighted by molar-refractivity contribution is 0.202. The van der Waals surface area contributed by atoms with Crippen LogP contribution < -0.4 is 0 Å². The number of alkyl halides is 1. The van der Waals surface area contributed by atoms with Crippen molar-refractivity contribution in [1.29, 1.82) is 0 Å². The molecular weight excluding hydrogens is 239 g/mol. The average molecular weight is 250 g/mol. The molecule has 0 heterocycles. The Morgan fingerprint density at radius 3 is 2.75 bits per heavy atom. The van der Waals surface area contributed by atoms with Crippen LogP contribution >= 0.6 is 27.5 Å². The van der Waals surface area contributed by atoms with E-state index in [1.807, 2.05) is 25.1 Å². The molecule has 0 unspecified atom stereocenters. The first-order valence-electron chi connectivity index (χ1n) is 3.65. The van der Waals surface area contributed by atoms with E-state index >= 15 is 0 Å². The number of hydrogen-bond donors (Lipinski definition) is 1. The SMILES string of the molecule is Cc1cc(Br)ccc1[C@H](O)CCl. The van der Waals surface area contributed by atoms with E-state index in [0.717, 1.165) is 15.6 Å². The largest absolute Gasteiger partial charge is 0.387 e. The van der Waals surface area contributed by atoms with Crippen LogP contribution in [-0.4, -0.2) is 11.0 Å². The molecule has 0 aliphatic rings. The average Bonchev–Trinajstić information content (AvgIpc) is 2.03. The van der Waals surface area contributed by atoms with E-state index in [1.54, 1.807) is 0 Å². The van der Waals surface area contributed by atoms with Gasteiger partial charge in [-0.15, -0.1) is 11.6 Å². The van der Waals surface area contributed by atoms with Crippen molar-refractivity contribution < 1.29 is 5.11 Å². The number of rotatable bonds is 2. The topological polar surface area (TPSA) is 20.2 Å². The highest BCUT2D eigenvalue weighted by Gasteiger charge is 2.08. The molecule has 1 rings (SSSR count). The fourth-order valence-corrected chi connectivity index (χ4v) is 1.74. The van der Waals surface area contributed by atoms with Crippen LogP contribution in [-0.2, 0) is 0 Å². The second kappa shape index (κ2) is 4.26. The summed E-state index contributed by atoms with van der Waals surface area (Å²) < 4.78 is 1.02. The van der Waals surface area contributed by atoms with Crippen molar-refractivity contribution in [2.24, 2.45) is 0 Å². The van der Waals surface area contributed by atoms with Crippen LogP contribution in [0.25, 0.3) is 0 Å². The maximum atomic E-state index is 9.45. The molecule has 0 fully saturated rings. The van der Waals surface area contributed by atoms with E-state index in [0.29, 0.717) is 0 Å². The third kappa shape index (κ3) is 2.22. The summed E-state index contributed by atoms with van der Waals surface area (Å²) in [6, 6.07) is 5.75. The van der Waals surface area contributed by atoms with Crippen LogP contribution in [0.15, 0.2) is 22.7 Å². The van der Waals surface area contributed by atoms with Crippen LogP contribution in [0.5, 0.6) is 0 Å². The third-order valence-electron chi connectivity index (χ3n) is 1.74. The Bertz CT molecular complexity index is 275. The Labute approximate surface area is 85.5 Å². The van der Waals surface area contributed by atoms with Crippen molar-refractivity contribution in [3.05, 3.63) is 33.8 Å². The summed E-state index contributed by atoms with van der Waals surface area (Å²) in [7, 11) is 0. The second-order valence-electron chi connectivity index (χ2n) is 2.67. The van der Waals surface area contributed by atoms with E-state index in [2.05, 4.69) is 15.9 Å². The first kappa shape index (κ1) is 10.0. The number of aryl methyl sites for hydroxylation is 1. The molecule has 1 N–H and O–H groups in total. The van der Waals surface area contributed by atoms with Gasteiger partial charge in [-0.2, -0.15) is 0 Å². The van der Waals surface area contributed by atoms with E-state index in [9.17, 15) is 5.11 Å². The quantitative estimate of drug-likeness (QED) is 0.799. The van der Waals surface area contributed by atoms with Crippen molar-refractivity contribution >= 4 is 27.5 Å². The Morgan fingerprint density at radius 1 is 1.58 bits per heavy atom. The predicted molar refractivity (Wildman–Crippen MR) is 54.6 cm³/mol. The standard InChI is InChI=1S/C9H10BrClO/c1-6-4-7(10)2-3-8(6)9(12)5-11/h2-4,9,12H,5H2,1H3/t9-/m1/s1. The number of aliphatic hydroxyl groups is 1.